The number of anilines is 3. The number of imidazole rings is 1. The minimum absolute atomic E-state index is 0.821. The van der Waals surface area contributed by atoms with Crippen molar-refractivity contribution >= 4 is 29.1 Å². The number of thioether (sulfide) groups is 1. The molecule has 0 bridgehead atoms. The lowest BCUT2D eigenvalue weighted by Crippen LogP contribution is -2.19. The summed E-state index contributed by atoms with van der Waals surface area (Å²) in [6, 6.07) is 10.4. The number of hydrogen-bond donors (Lipinski definition) is 1. The van der Waals surface area contributed by atoms with E-state index in [1.807, 2.05) is 17.8 Å². The molecule has 7 heteroatoms. The van der Waals surface area contributed by atoms with E-state index in [1.54, 1.807) is 6.33 Å². The van der Waals surface area contributed by atoms with Gasteiger partial charge in [-0.1, -0.05) is 23.9 Å². The number of aryl methyl sites for hydroxylation is 1. The van der Waals surface area contributed by atoms with Gasteiger partial charge in [-0.25, -0.2) is 15.0 Å². The van der Waals surface area contributed by atoms with E-state index in [1.165, 1.54) is 12.8 Å². The Bertz CT molecular complexity index is 910. The van der Waals surface area contributed by atoms with E-state index in [9.17, 15) is 0 Å². The van der Waals surface area contributed by atoms with Gasteiger partial charge in [0, 0.05) is 48.9 Å². The molecule has 2 aliphatic rings. The Hall–Kier alpha value is -2.54. The highest BCUT2D eigenvalue weighted by molar-refractivity contribution is 7.99. The zero-order valence-corrected chi connectivity index (χ0v) is 15.2. The average Bonchev–Trinajstić information content (AvgIpc) is 3.39. The number of benzene rings is 1. The van der Waals surface area contributed by atoms with Crippen molar-refractivity contribution in [3.8, 4) is 11.3 Å². The molecule has 3 aromatic rings. The van der Waals surface area contributed by atoms with Crippen LogP contribution in [0.1, 0.15) is 12.8 Å². The van der Waals surface area contributed by atoms with Crippen molar-refractivity contribution in [3.63, 3.8) is 0 Å². The van der Waals surface area contributed by atoms with Gasteiger partial charge in [0.2, 0.25) is 0 Å². The zero-order valence-electron chi connectivity index (χ0n) is 14.4. The summed E-state index contributed by atoms with van der Waals surface area (Å²) in [7, 11) is 0. The average molecular weight is 364 g/mol. The summed E-state index contributed by atoms with van der Waals surface area (Å²) < 4.78 is 2.23. The summed E-state index contributed by atoms with van der Waals surface area (Å²) in [6.45, 7) is 3.20. The first-order valence-corrected chi connectivity index (χ1v) is 9.98. The van der Waals surface area contributed by atoms with Gasteiger partial charge >= 0.3 is 0 Å². The van der Waals surface area contributed by atoms with E-state index in [0.29, 0.717) is 0 Å². The lowest BCUT2D eigenvalue weighted by molar-refractivity contribution is 0.719. The van der Waals surface area contributed by atoms with Crippen molar-refractivity contribution in [3.05, 3.63) is 42.9 Å². The normalized spacial score (nSPS) is 16.1. The van der Waals surface area contributed by atoms with Crippen LogP contribution in [-0.2, 0) is 6.54 Å². The van der Waals surface area contributed by atoms with Crippen LogP contribution in [0.15, 0.2) is 48.0 Å². The Kier molecular flexibility index (Phi) is 4.01. The highest BCUT2D eigenvalue weighted by Gasteiger charge is 2.16. The molecule has 0 aliphatic carbocycles. The highest BCUT2D eigenvalue weighted by Crippen LogP contribution is 2.30. The molecule has 1 fully saturated rings. The monoisotopic (exact) mass is 364 g/mol. The molecule has 0 atom stereocenters. The van der Waals surface area contributed by atoms with Gasteiger partial charge in [0.05, 0.1) is 5.69 Å². The first-order chi connectivity index (χ1) is 12.8. The van der Waals surface area contributed by atoms with Crippen LogP contribution in [0.25, 0.3) is 11.3 Å². The molecule has 5 rings (SSSR count). The number of rotatable bonds is 4. The van der Waals surface area contributed by atoms with Crippen LogP contribution in [0.3, 0.4) is 0 Å². The molecule has 1 N–H and O–H groups in total. The first kappa shape index (κ1) is 15.7. The molecule has 1 saturated heterocycles. The molecule has 2 aromatic heterocycles. The SMILES string of the molecule is c1cc(Nc2cc(N3CCCC3)ncn2)cc(-c2cn3c(n2)SCC3)c1. The first-order valence-electron chi connectivity index (χ1n) is 9.00. The van der Waals surface area contributed by atoms with Gasteiger partial charge in [0.15, 0.2) is 5.16 Å². The Morgan fingerprint density at radius 2 is 1.96 bits per heavy atom. The van der Waals surface area contributed by atoms with Crippen LogP contribution in [0.5, 0.6) is 0 Å². The van der Waals surface area contributed by atoms with E-state index in [-0.39, 0.29) is 0 Å². The minimum Gasteiger partial charge on any atom is -0.356 e. The molecule has 26 heavy (non-hydrogen) atoms. The maximum absolute atomic E-state index is 4.74. The summed E-state index contributed by atoms with van der Waals surface area (Å²) in [6.07, 6.45) is 6.26. The van der Waals surface area contributed by atoms with Gasteiger partial charge in [0.25, 0.3) is 0 Å². The molecule has 1 aromatic carbocycles. The van der Waals surface area contributed by atoms with E-state index in [0.717, 1.165) is 59.1 Å². The van der Waals surface area contributed by atoms with Gasteiger partial charge in [-0.2, -0.15) is 0 Å². The van der Waals surface area contributed by atoms with Crippen molar-refractivity contribution in [1.82, 2.24) is 19.5 Å². The van der Waals surface area contributed by atoms with E-state index in [2.05, 4.69) is 55.2 Å². The molecule has 132 valence electrons. The standard InChI is InChI=1S/C19H20N6S/c1-2-7-24(6-1)18-11-17(20-13-21-18)22-15-5-3-4-14(10-15)16-12-25-8-9-26-19(25)23-16/h3-5,10-13H,1-2,6-9H2,(H,20,21,22). The second-order valence-electron chi connectivity index (χ2n) is 6.61. The predicted molar refractivity (Wildman–Crippen MR) is 105 cm³/mol. The van der Waals surface area contributed by atoms with Crippen LogP contribution in [0, 0.1) is 0 Å². The predicted octanol–water partition coefficient (Wildman–Crippen LogP) is 3.79. The fourth-order valence-electron chi connectivity index (χ4n) is 3.49. The summed E-state index contributed by atoms with van der Waals surface area (Å²) in [5.74, 6) is 2.94. The van der Waals surface area contributed by atoms with Crippen LogP contribution in [0.4, 0.5) is 17.3 Å². The number of aromatic nitrogens is 4. The van der Waals surface area contributed by atoms with Crippen molar-refractivity contribution in [1.29, 1.82) is 0 Å². The van der Waals surface area contributed by atoms with Crippen molar-refractivity contribution in [2.45, 2.75) is 24.5 Å². The molecule has 4 heterocycles. The van der Waals surface area contributed by atoms with Gasteiger partial charge in [0.1, 0.15) is 18.0 Å². The molecule has 0 amide bonds. The molecular formula is C19H20N6S. The van der Waals surface area contributed by atoms with Gasteiger partial charge < -0.3 is 14.8 Å². The van der Waals surface area contributed by atoms with Crippen LogP contribution < -0.4 is 10.2 Å². The van der Waals surface area contributed by atoms with E-state index >= 15 is 0 Å². The Labute approximate surface area is 156 Å². The smallest absolute Gasteiger partial charge is 0.168 e. The third kappa shape index (κ3) is 3.03. The third-order valence-electron chi connectivity index (χ3n) is 4.82. The summed E-state index contributed by atoms with van der Waals surface area (Å²) in [4.78, 5) is 15.8. The Morgan fingerprint density at radius 3 is 2.85 bits per heavy atom. The van der Waals surface area contributed by atoms with Crippen molar-refractivity contribution in [2.75, 3.05) is 29.1 Å². The quantitative estimate of drug-likeness (QED) is 0.760. The second kappa shape index (κ2) is 6.64. The second-order valence-corrected chi connectivity index (χ2v) is 7.67. The van der Waals surface area contributed by atoms with Crippen molar-refractivity contribution < 1.29 is 0 Å². The molecular weight excluding hydrogens is 344 g/mol. The molecule has 2 aliphatic heterocycles. The van der Waals surface area contributed by atoms with Gasteiger partial charge in [-0.05, 0) is 25.0 Å². The fraction of sp³-hybridized carbons (Fsp3) is 0.316. The van der Waals surface area contributed by atoms with Crippen molar-refractivity contribution in [2.24, 2.45) is 0 Å². The number of nitrogens with zero attached hydrogens (tertiary/aromatic N) is 5. The number of fused-ring (bicyclic) bond motifs is 1. The molecule has 0 radical (unpaired) electrons. The zero-order chi connectivity index (χ0) is 17.3. The summed E-state index contributed by atoms with van der Waals surface area (Å²) >= 11 is 1.82. The lowest BCUT2D eigenvalue weighted by atomic mass is 10.1. The van der Waals surface area contributed by atoms with Crippen LogP contribution >= 0.6 is 11.8 Å². The summed E-state index contributed by atoms with van der Waals surface area (Å²) in [5, 5.41) is 4.52. The highest BCUT2D eigenvalue weighted by atomic mass is 32.2. The number of nitrogens with one attached hydrogen (secondary N) is 1. The van der Waals surface area contributed by atoms with Gasteiger partial charge in [-0.3, -0.25) is 0 Å². The molecule has 0 spiro atoms. The lowest BCUT2D eigenvalue weighted by Gasteiger charge is -2.16. The largest absolute Gasteiger partial charge is 0.356 e. The minimum atomic E-state index is 0.821. The molecule has 6 nitrogen and oxygen atoms in total. The van der Waals surface area contributed by atoms with Crippen LogP contribution in [-0.4, -0.2) is 38.4 Å². The van der Waals surface area contributed by atoms with E-state index < -0.39 is 0 Å². The Balaban J connectivity index is 1.38. The Morgan fingerprint density at radius 1 is 1.04 bits per heavy atom. The van der Waals surface area contributed by atoms with E-state index in [4.69, 9.17) is 4.98 Å². The maximum Gasteiger partial charge on any atom is 0.168 e. The summed E-state index contributed by atoms with van der Waals surface area (Å²) in [5.41, 5.74) is 3.15. The maximum atomic E-state index is 4.74. The van der Waals surface area contributed by atoms with Crippen LogP contribution in [0.2, 0.25) is 0 Å². The third-order valence-corrected chi connectivity index (χ3v) is 5.79. The fourth-order valence-corrected chi connectivity index (χ4v) is 4.43. The molecule has 0 unspecified atom stereocenters. The molecule has 0 saturated carbocycles. The number of hydrogen-bond acceptors (Lipinski definition) is 6. The topological polar surface area (TPSA) is 58.9 Å². The van der Waals surface area contributed by atoms with Gasteiger partial charge in [-0.15, -0.1) is 0 Å².